The van der Waals surface area contributed by atoms with E-state index in [1.807, 2.05) is 31.2 Å². The SMILES string of the molecule is Cc1c(C(=O)NCc2ccc(Cn3cncn3)cc2)cnn1-c1ccc(F)cc1. The number of halogens is 1. The highest BCUT2D eigenvalue weighted by Crippen LogP contribution is 2.15. The molecule has 1 amide bonds. The maximum atomic E-state index is 13.1. The number of aromatic nitrogens is 5. The summed E-state index contributed by atoms with van der Waals surface area (Å²) in [5.74, 6) is -0.522. The lowest BCUT2D eigenvalue weighted by Gasteiger charge is -2.08. The molecule has 0 spiro atoms. The minimum atomic E-state index is -0.316. The first-order valence-corrected chi connectivity index (χ1v) is 9.09. The molecule has 29 heavy (non-hydrogen) atoms. The fourth-order valence-corrected chi connectivity index (χ4v) is 3.02. The summed E-state index contributed by atoms with van der Waals surface area (Å²) in [4.78, 5) is 16.5. The first-order chi connectivity index (χ1) is 14.1. The maximum Gasteiger partial charge on any atom is 0.255 e. The van der Waals surface area contributed by atoms with E-state index in [1.54, 1.807) is 27.8 Å². The molecule has 7 nitrogen and oxygen atoms in total. The monoisotopic (exact) mass is 390 g/mol. The maximum absolute atomic E-state index is 13.1. The lowest BCUT2D eigenvalue weighted by Crippen LogP contribution is -2.23. The predicted molar refractivity (Wildman–Crippen MR) is 105 cm³/mol. The van der Waals surface area contributed by atoms with Crippen molar-refractivity contribution in [3.63, 3.8) is 0 Å². The Morgan fingerprint density at radius 3 is 2.45 bits per heavy atom. The molecule has 0 fully saturated rings. The average Bonchev–Trinajstić information content (AvgIpc) is 3.38. The van der Waals surface area contributed by atoms with Crippen LogP contribution in [0.1, 0.15) is 27.2 Å². The molecule has 0 saturated heterocycles. The Morgan fingerprint density at radius 2 is 1.76 bits per heavy atom. The predicted octanol–water partition coefficient (Wildman–Crippen LogP) is 2.89. The zero-order valence-corrected chi connectivity index (χ0v) is 15.8. The Labute approximate surface area is 166 Å². The van der Waals surface area contributed by atoms with Gasteiger partial charge in [-0.15, -0.1) is 0 Å². The summed E-state index contributed by atoms with van der Waals surface area (Å²) in [6.07, 6.45) is 4.70. The molecule has 0 saturated carbocycles. The third-order valence-corrected chi connectivity index (χ3v) is 4.61. The highest BCUT2D eigenvalue weighted by molar-refractivity contribution is 5.95. The van der Waals surface area contributed by atoms with Gasteiger partial charge in [-0.2, -0.15) is 10.2 Å². The molecule has 2 aromatic heterocycles. The largest absolute Gasteiger partial charge is 0.348 e. The molecule has 0 aliphatic rings. The van der Waals surface area contributed by atoms with E-state index in [1.165, 1.54) is 24.7 Å². The molecule has 4 aromatic rings. The van der Waals surface area contributed by atoms with Crippen LogP contribution in [-0.2, 0) is 13.1 Å². The normalized spacial score (nSPS) is 10.8. The number of hydrogen-bond donors (Lipinski definition) is 1. The smallest absolute Gasteiger partial charge is 0.255 e. The van der Waals surface area contributed by atoms with Crippen molar-refractivity contribution < 1.29 is 9.18 Å². The lowest BCUT2D eigenvalue weighted by molar-refractivity contribution is 0.0950. The number of amides is 1. The molecule has 1 N–H and O–H groups in total. The number of hydrogen-bond acceptors (Lipinski definition) is 4. The van der Waals surface area contributed by atoms with Gasteiger partial charge in [-0.05, 0) is 42.3 Å². The molecule has 2 aromatic carbocycles. The fourth-order valence-electron chi connectivity index (χ4n) is 3.02. The van der Waals surface area contributed by atoms with Crippen LogP contribution in [0.25, 0.3) is 5.69 Å². The first-order valence-electron chi connectivity index (χ1n) is 9.09. The minimum Gasteiger partial charge on any atom is -0.348 e. The number of carbonyl (C=O) groups excluding carboxylic acids is 1. The van der Waals surface area contributed by atoms with Gasteiger partial charge in [0.05, 0.1) is 29.7 Å². The Balaban J connectivity index is 1.39. The number of nitrogens with one attached hydrogen (secondary N) is 1. The summed E-state index contributed by atoms with van der Waals surface area (Å²) in [6.45, 7) is 2.86. The lowest BCUT2D eigenvalue weighted by atomic mass is 10.1. The zero-order chi connectivity index (χ0) is 20.2. The van der Waals surface area contributed by atoms with Gasteiger partial charge in [0.15, 0.2) is 0 Å². The number of benzene rings is 2. The van der Waals surface area contributed by atoms with Gasteiger partial charge < -0.3 is 5.32 Å². The molecule has 2 heterocycles. The van der Waals surface area contributed by atoms with E-state index in [9.17, 15) is 9.18 Å². The molecule has 0 unspecified atom stereocenters. The number of nitrogens with zero attached hydrogens (tertiary/aromatic N) is 5. The van der Waals surface area contributed by atoms with Gasteiger partial charge in [0.25, 0.3) is 5.91 Å². The van der Waals surface area contributed by atoms with Crippen LogP contribution >= 0.6 is 0 Å². The van der Waals surface area contributed by atoms with Gasteiger partial charge in [0.2, 0.25) is 0 Å². The van der Waals surface area contributed by atoms with E-state index in [-0.39, 0.29) is 11.7 Å². The highest BCUT2D eigenvalue weighted by atomic mass is 19.1. The van der Waals surface area contributed by atoms with Crippen molar-refractivity contribution in [3.05, 3.63) is 95.6 Å². The van der Waals surface area contributed by atoms with Gasteiger partial charge in [-0.1, -0.05) is 24.3 Å². The van der Waals surface area contributed by atoms with Crippen molar-refractivity contribution in [1.82, 2.24) is 29.9 Å². The van der Waals surface area contributed by atoms with Crippen LogP contribution in [0.5, 0.6) is 0 Å². The van der Waals surface area contributed by atoms with Crippen LogP contribution in [0, 0.1) is 12.7 Å². The summed E-state index contributed by atoms with van der Waals surface area (Å²) in [5.41, 5.74) is 3.96. The van der Waals surface area contributed by atoms with Crippen LogP contribution in [0.2, 0.25) is 0 Å². The standard InChI is InChI=1S/C21H19FN6O/c1-15-20(11-25-28(15)19-8-6-18(22)7-9-19)21(29)24-10-16-2-4-17(5-3-16)12-27-14-23-13-26-27/h2-9,11,13-14H,10,12H2,1H3,(H,24,29). The van der Waals surface area contributed by atoms with Crippen molar-refractivity contribution in [1.29, 1.82) is 0 Å². The number of carbonyl (C=O) groups is 1. The third-order valence-electron chi connectivity index (χ3n) is 4.61. The quantitative estimate of drug-likeness (QED) is 0.549. The molecule has 0 bridgehead atoms. The van der Waals surface area contributed by atoms with Gasteiger partial charge >= 0.3 is 0 Å². The van der Waals surface area contributed by atoms with Crippen LogP contribution in [0.3, 0.4) is 0 Å². The van der Waals surface area contributed by atoms with E-state index in [4.69, 9.17) is 0 Å². The second-order valence-corrected chi connectivity index (χ2v) is 6.62. The molecule has 8 heteroatoms. The second-order valence-electron chi connectivity index (χ2n) is 6.62. The van der Waals surface area contributed by atoms with Crippen LogP contribution in [0.4, 0.5) is 4.39 Å². The highest BCUT2D eigenvalue weighted by Gasteiger charge is 2.15. The molecule has 0 aliphatic heterocycles. The van der Waals surface area contributed by atoms with Gasteiger partial charge in [-0.25, -0.2) is 18.7 Å². The first kappa shape index (κ1) is 18.5. The summed E-state index contributed by atoms with van der Waals surface area (Å²) >= 11 is 0. The molecular weight excluding hydrogens is 371 g/mol. The molecule has 0 radical (unpaired) electrons. The molecule has 4 rings (SSSR count). The molecule has 0 aliphatic carbocycles. The Kier molecular flexibility index (Phi) is 5.15. The van der Waals surface area contributed by atoms with Gasteiger partial charge in [0.1, 0.15) is 18.5 Å². The molecule has 0 atom stereocenters. The zero-order valence-electron chi connectivity index (χ0n) is 15.8. The second kappa shape index (κ2) is 8.05. The van der Waals surface area contributed by atoms with Crippen LogP contribution < -0.4 is 5.32 Å². The Hall–Kier alpha value is -3.81. The van der Waals surface area contributed by atoms with Crippen molar-refractivity contribution in [2.75, 3.05) is 0 Å². The van der Waals surface area contributed by atoms with E-state index >= 15 is 0 Å². The van der Waals surface area contributed by atoms with Gasteiger partial charge in [-0.3, -0.25) is 4.79 Å². The summed E-state index contributed by atoms with van der Waals surface area (Å²) in [6, 6.07) is 13.9. The Morgan fingerprint density at radius 1 is 1.03 bits per heavy atom. The van der Waals surface area contributed by atoms with Crippen molar-refractivity contribution in [3.8, 4) is 5.69 Å². The third kappa shape index (κ3) is 4.21. The fraction of sp³-hybridized carbons (Fsp3) is 0.143. The van der Waals surface area contributed by atoms with Crippen molar-refractivity contribution >= 4 is 5.91 Å². The van der Waals surface area contributed by atoms with E-state index in [0.29, 0.717) is 30.0 Å². The molecule has 146 valence electrons. The van der Waals surface area contributed by atoms with Gasteiger partial charge in [0, 0.05) is 6.54 Å². The van der Waals surface area contributed by atoms with E-state index in [0.717, 1.165) is 11.1 Å². The molecular formula is C21H19FN6O. The number of rotatable bonds is 6. The summed E-state index contributed by atoms with van der Waals surface area (Å²) in [7, 11) is 0. The van der Waals surface area contributed by atoms with Crippen LogP contribution in [-0.4, -0.2) is 30.5 Å². The average molecular weight is 390 g/mol. The minimum absolute atomic E-state index is 0.206. The Bertz CT molecular complexity index is 1100. The topological polar surface area (TPSA) is 77.6 Å². The van der Waals surface area contributed by atoms with E-state index < -0.39 is 0 Å². The summed E-state index contributed by atoms with van der Waals surface area (Å²) in [5, 5.41) is 11.3. The van der Waals surface area contributed by atoms with E-state index in [2.05, 4.69) is 20.5 Å². The van der Waals surface area contributed by atoms with Crippen molar-refractivity contribution in [2.24, 2.45) is 0 Å². The van der Waals surface area contributed by atoms with Crippen molar-refractivity contribution in [2.45, 2.75) is 20.0 Å². The van der Waals surface area contributed by atoms with Crippen LogP contribution in [0.15, 0.2) is 67.4 Å². The summed E-state index contributed by atoms with van der Waals surface area (Å²) < 4.78 is 16.5.